The van der Waals surface area contributed by atoms with Crippen LogP contribution in [0.4, 0.5) is 5.95 Å². The van der Waals surface area contributed by atoms with Crippen molar-refractivity contribution in [3.63, 3.8) is 0 Å². The molecule has 0 saturated carbocycles. The highest BCUT2D eigenvalue weighted by Crippen LogP contribution is 2.22. The first-order chi connectivity index (χ1) is 11.6. The Hall–Kier alpha value is -2.01. The molecule has 0 amide bonds. The summed E-state index contributed by atoms with van der Waals surface area (Å²) >= 11 is 0. The van der Waals surface area contributed by atoms with Crippen LogP contribution < -0.4 is 4.90 Å². The van der Waals surface area contributed by atoms with Crippen LogP contribution in [0.2, 0.25) is 0 Å². The molecule has 1 aliphatic heterocycles. The number of hydrogen-bond acceptors (Lipinski definition) is 5. The molecule has 3 rings (SSSR count). The van der Waals surface area contributed by atoms with E-state index in [-0.39, 0.29) is 0 Å². The van der Waals surface area contributed by atoms with E-state index in [1.807, 2.05) is 24.7 Å². The van der Waals surface area contributed by atoms with Gasteiger partial charge in [0.1, 0.15) is 0 Å². The monoisotopic (exact) mass is 325 g/mol. The summed E-state index contributed by atoms with van der Waals surface area (Å²) in [6.07, 6.45) is 8.20. The Bertz CT molecular complexity index is 658. The normalized spacial score (nSPS) is 18.2. The summed E-state index contributed by atoms with van der Waals surface area (Å²) in [5.41, 5.74) is 3.50. The molecule has 2 aromatic heterocycles. The largest absolute Gasteiger partial charge is 0.340 e. The minimum atomic E-state index is 0.658. The first kappa shape index (κ1) is 16.8. The fourth-order valence-electron chi connectivity index (χ4n) is 3.37. The second kappa shape index (κ2) is 7.71. The molecule has 0 N–H and O–H groups in total. The van der Waals surface area contributed by atoms with Crippen molar-refractivity contribution < 1.29 is 0 Å². The van der Waals surface area contributed by atoms with Crippen LogP contribution in [0.1, 0.15) is 29.7 Å². The van der Waals surface area contributed by atoms with Gasteiger partial charge in [-0.15, -0.1) is 0 Å². The number of anilines is 1. The van der Waals surface area contributed by atoms with Gasteiger partial charge in [0.2, 0.25) is 5.95 Å². The number of piperidine rings is 1. The lowest BCUT2D eigenvalue weighted by atomic mass is 9.97. The summed E-state index contributed by atoms with van der Waals surface area (Å²) in [6.45, 7) is 8.26. The molecular formula is C19H27N5. The Kier molecular flexibility index (Phi) is 5.41. The summed E-state index contributed by atoms with van der Waals surface area (Å²) in [4.78, 5) is 18.1. The van der Waals surface area contributed by atoms with Crippen molar-refractivity contribution in [1.82, 2.24) is 19.9 Å². The van der Waals surface area contributed by atoms with Crippen molar-refractivity contribution in [2.24, 2.45) is 5.92 Å². The van der Waals surface area contributed by atoms with Crippen molar-refractivity contribution in [1.29, 1.82) is 0 Å². The van der Waals surface area contributed by atoms with Crippen LogP contribution >= 0.6 is 0 Å². The minimum absolute atomic E-state index is 0.658. The minimum Gasteiger partial charge on any atom is -0.340 e. The predicted molar refractivity (Wildman–Crippen MR) is 97.0 cm³/mol. The number of hydrogen-bond donors (Lipinski definition) is 0. The summed E-state index contributed by atoms with van der Waals surface area (Å²) in [5.74, 6) is 1.54. The van der Waals surface area contributed by atoms with Crippen LogP contribution in [0, 0.1) is 19.8 Å². The summed E-state index contributed by atoms with van der Waals surface area (Å²) in [6, 6.07) is 4.14. The van der Waals surface area contributed by atoms with Gasteiger partial charge >= 0.3 is 0 Å². The van der Waals surface area contributed by atoms with Gasteiger partial charge in [0.25, 0.3) is 0 Å². The molecule has 1 atom stereocenters. The molecule has 1 unspecified atom stereocenters. The molecule has 1 saturated heterocycles. The van der Waals surface area contributed by atoms with E-state index in [0.29, 0.717) is 5.92 Å². The summed E-state index contributed by atoms with van der Waals surface area (Å²) < 4.78 is 0. The lowest BCUT2D eigenvalue weighted by Crippen LogP contribution is -2.40. The molecule has 0 aliphatic carbocycles. The smallest absolute Gasteiger partial charge is 0.225 e. The molecule has 3 heterocycles. The maximum Gasteiger partial charge on any atom is 0.225 e. The van der Waals surface area contributed by atoms with Gasteiger partial charge in [-0.1, -0.05) is 6.07 Å². The van der Waals surface area contributed by atoms with Gasteiger partial charge in [-0.25, -0.2) is 9.97 Å². The fraction of sp³-hybridized carbons (Fsp3) is 0.526. The Morgan fingerprint density at radius 1 is 1.29 bits per heavy atom. The van der Waals surface area contributed by atoms with E-state index in [4.69, 9.17) is 0 Å². The van der Waals surface area contributed by atoms with Crippen molar-refractivity contribution in [2.45, 2.75) is 33.2 Å². The topological polar surface area (TPSA) is 45.2 Å². The Morgan fingerprint density at radius 3 is 2.92 bits per heavy atom. The van der Waals surface area contributed by atoms with Crippen LogP contribution in [0.3, 0.4) is 0 Å². The van der Waals surface area contributed by atoms with Crippen LogP contribution in [0.25, 0.3) is 0 Å². The highest BCUT2D eigenvalue weighted by atomic mass is 15.3. The van der Waals surface area contributed by atoms with Gasteiger partial charge in [-0.3, -0.25) is 4.98 Å². The van der Waals surface area contributed by atoms with Crippen LogP contribution in [-0.4, -0.2) is 46.5 Å². The zero-order valence-corrected chi connectivity index (χ0v) is 14.9. The number of rotatable bonds is 5. The molecular weight excluding hydrogens is 298 g/mol. The first-order valence-electron chi connectivity index (χ1n) is 8.74. The van der Waals surface area contributed by atoms with Gasteiger partial charge in [0, 0.05) is 50.5 Å². The van der Waals surface area contributed by atoms with E-state index in [2.05, 4.69) is 51.7 Å². The zero-order valence-electron chi connectivity index (χ0n) is 14.9. The summed E-state index contributed by atoms with van der Waals surface area (Å²) in [5, 5.41) is 0. The third-order valence-electron chi connectivity index (χ3n) is 4.76. The quantitative estimate of drug-likeness (QED) is 0.846. The van der Waals surface area contributed by atoms with E-state index in [1.165, 1.54) is 18.4 Å². The van der Waals surface area contributed by atoms with Crippen LogP contribution in [0.5, 0.6) is 0 Å². The third-order valence-corrected chi connectivity index (χ3v) is 4.76. The third kappa shape index (κ3) is 4.29. The van der Waals surface area contributed by atoms with Crippen molar-refractivity contribution in [3.05, 3.63) is 47.5 Å². The Morgan fingerprint density at radius 2 is 2.17 bits per heavy atom. The predicted octanol–water partition coefficient (Wildman–Crippen LogP) is 2.84. The molecule has 1 fully saturated rings. The highest BCUT2D eigenvalue weighted by molar-refractivity contribution is 5.33. The molecule has 1 aliphatic rings. The fourth-order valence-corrected chi connectivity index (χ4v) is 3.37. The lowest BCUT2D eigenvalue weighted by Gasteiger charge is -2.35. The number of aromatic nitrogens is 3. The molecule has 128 valence electrons. The molecule has 5 heteroatoms. The number of pyridine rings is 1. The van der Waals surface area contributed by atoms with E-state index in [1.54, 1.807) is 0 Å². The van der Waals surface area contributed by atoms with E-state index < -0.39 is 0 Å². The van der Waals surface area contributed by atoms with E-state index in [9.17, 15) is 0 Å². The maximum atomic E-state index is 4.67. The second-order valence-corrected chi connectivity index (χ2v) is 6.95. The SMILES string of the molecule is Cc1cnc(N2CCCC(CN(C)Cc3cccnc3)C2)nc1C. The average Bonchev–Trinajstić information content (AvgIpc) is 2.58. The molecule has 0 bridgehead atoms. The van der Waals surface area contributed by atoms with Crippen molar-refractivity contribution >= 4 is 5.95 Å². The number of nitrogens with zero attached hydrogens (tertiary/aromatic N) is 5. The van der Waals surface area contributed by atoms with Gasteiger partial charge in [0.15, 0.2) is 0 Å². The highest BCUT2D eigenvalue weighted by Gasteiger charge is 2.23. The number of aryl methyl sites for hydroxylation is 2. The molecule has 24 heavy (non-hydrogen) atoms. The molecule has 0 radical (unpaired) electrons. The molecule has 0 aromatic carbocycles. The van der Waals surface area contributed by atoms with Gasteiger partial charge in [-0.05, 0) is 56.8 Å². The van der Waals surface area contributed by atoms with Crippen LogP contribution in [0.15, 0.2) is 30.7 Å². The van der Waals surface area contributed by atoms with Crippen molar-refractivity contribution in [2.75, 3.05) is 31.6 Å². The first-order valence-corrected chi connectivity index (χ1v) is 8.74. The molecule has 0 spiro atoms. The molecule has 5 nitrogen and oxygen atoms in total. The zero-order chi connectivity index (χ0) is 16.9. The Balaban J connectivity index is 1.58. The standard InChI is InChI=1S/C19H27N5/c1-15-10-21-19(22-16(15)2)24-9-5-7-18(14-24)13-23(3)12-17-6-4-8-20-11-17/h4,6,8,10-11,18H,5,7,9,12-14H2,1-3H3. The summed E-state index contributed by atoms with van der Waals surface area (Å²) in [7, 11) is 2.19. The van der Waals surface area contributed by atoms with E-state index in [0.717, 1.165) is 43.4 Å². The second-order valence-electron chi connectivity index (χ2n) is 6.95. The van der Waals surface area contributed by atoms with E-state index >= 15 is 0 Å². The average molecular weight is 325 g/mol. The Labute approximate surface area is 144 Å². The maximum absolute atomic E-state index is 4.67. The van der Waals surface area contributed by atoms with Crippen LogP contribution in [-0.2, 0) is 6.54 Å². The molecule has 2 aromatic rings. The lowest BCUT2D eigenvalue weighted by molar-refractivity contribution is 0.247. The van der Waals surface area contributed by atoms with Crippen molar-refractivity contribution in [3.8, 4) is 0 Å². The van der Waals surface area contributed by atoms with Gasteiger partial charge in [-0.2, -0.15) is 0 Å². The van der Waals surface area contributed by atoms with Gasteiger partial charge in [0.05, 0.1) is 0 Å². The van der Waals surface area contributed by atoms with Gasteiger partial charge < -0.3 is 9.80 Å².